The van der Waals surface area contributed by atoms with Crippen molar-refractivity contribution in [2.75, 3.05) is 161 Å². The Balaban J connectivity index is 0.000000163. The van der Waals surface area contributed by atoms with Crippen LogP contribution in [0.3, 0.4) is 0 Å². The number of amides is 1. The van der Waals surface area contributed by atoms with Crippen LogP contribution in [0, 0.1) is 23.7 Å². The van der Waals surface area contributed by atoms with E-state index in [1.165, 1.54) is 101 Å². The van der Waals surface area contributed by atoms with Crippen molar-refractivity contribution in [3.05, 3.63) is 109 Å². The van der Waals surface area contributed by atoms with Crippen LogP contribution >= 0.6 is 0 Å². The standard InChI is InChI=1S/2C22H31N5O.C21H33N3O3.C16H25N3O.CH4.B2/c2*1-2-18-14-24-22(25-15-18)27-12-8-19(9-13-27)17-28-20-6-7-21(23-16-20)26-10-4-3-5-11-26;1-21(2,3)27-20(25)24-13-9-17(10-14-24)16-26-18-7-8-19(22-15-18)23-11-5-4-6-12-23;1-2-10-19(11-3-1)16-5-4-15(12-18-16)20-13-14-6-8-17-9-7-14;;1-2/h2*6-7,14-16,19H,2-5,8-13,17H2,1H3;7-8,15,17H,4-6,9-14,16H2,1-3H3;4-5,12,14,17H,1-3,6-11,13H2;1H4;. The maximum atomic E-state index is 12.1. The highest BCUT2D eigenvalue weighted by atomic mass is 16.6. The Kier molecular flexibility index (Phi) is 34.4. The number of pyridine rings is 4. The number of nitrogens with zero attached hydrogens (tertiary/aromatic N) is 15. The summed E-state index contributed by atoms with van der Waals surface area (Å²) in [5.74, 6) is 11.8. The smallest absolute Gasteiger partial charge is 0.410 e. The van der Waals surface area contributed by atoms with E-state index in [4.69, 9.17) is 23.7 Å². The third-order valence-corrected chi connectivity index (χ3v) is 21.3. The van der Waals surface area contributed by atoms with Crippen LogP contribution in [0.4, 0.5) is 40.0 Å². The van der Waals surface area contributed by atoms with Crippen molar-refractivity contribution in [2.45, 2.75) is 189 Å². The molecular formula is C82H124B2N16O6. The number of aryl methyl sites for hydroxylation is 2. The Morgan fingerprint density at radius 3 is 0.906 bits per heavy atom. The van der Waals surface area contributed by atoms with Crippen molar-refractivity contribution < 1.29 is 28.5 Å². The van der Waals surface area contributed by atoms with Gasteiger partial charge < -0.3 is 63.3 Å². The van der Waals surface area contributed by atoms with Gasteiger partial charge in [-0.2, -0.15) is 0 Å². The summed E-state index contributed by atoms with van der Waals surface area (Å²) in [7, 11) is 8.00. The molecule has 4 radical (unpaired) electrons. The van der Waals surface area contributed by atoms with Gasteiger partial charge in [-0.3, -0.25) is 0 Å². The number of likely N-dealkylation sites (tertiary alicyclic amines) is 1. The van der Waals surface area contributed by atoms with Crippen LogP contribution in [-0.4, -0.2) is 203 Å². The summed E-state index contributed by atoms with van der Waals surface area (Å²) in [4.78, 5) is 64.3. The lowest BCUT2D eigenvalue weighted by atomic mass is 9.81. The molecule has 8 fully saturated rings. The average Bonchev–Trinajstić information content (AvgIpc) is 0.869. The van der Waals surface area contributed by atoms with Gasteiger partial charge in [0.25, 0.3) is 0 Å². The normalized spacial score (nSPS) is 18.5. The van der Waals surface area contributed by atoms with E-state index in [2.05, 4.69) is 146 Å². The van der Waals surface area contributed by atoms with Gasteiger partial charge in [0.2, 0.25) is 11.9 Å². The van der Waals surface area contributed by atoms with Crippen molar-refractivity contribution in [1.29, 1.82) is 0 Å². The van der Waals surface area contributed by atoms with Crippen molar-refractivity contribution in [1.82, 2.24) is 50.1 Å². The predicted molar refractivity (Wildman–Crippen MR) is 430 cm³/mol. The number of ether oxygens (including phenoxy) is 5. The lowest BCUT2D eigenvalue weighted by Crippen LogP contribution is -2.42. The summed E-state index contributed by atoms with van der Waals surface area (Å²) >= 11 is 0. The third kappa shape index (κ3) is 27.1. The predicted octanol–water partition coefficient (Wildman–Crippen LogP) is 13.9. The molecule has 0 bridgehead atoms. The fraction of sp³-hybridized carbons (Fsp3) is 0.646. The molecular weight excluding hydrogens is 1330 g/mol. The first-order valence-electron chi connectivity index (χ1n) is 39.9. The van der Waals surface area contributed by atoms with Crippen molar-refractivity contribution in [3.8, 4) is 23.0 Å². The number of aromatic nitrogens is 8. The zero-order valence-electron chi connectivity index (χ0n) is 64.1. The SMILES string of the molecule is C.CC(C)(C)OC(=O)N1CCC(COc2ccc(N3CCCCC3)nc2)CC1.CCc1cnc(N2CCC(COc3ccc(N4CCCCC4)nc3)CC2)nc1.CCc1cnc(N2CCC(COc3ccc(N4CCCCC4)nc3)CC2)nc1.[B][B].c1cc(N2CCCCC2)ncc1OCC1CCNCC1. The van der Waals surface area contributed by atoms with E-state index in [0.29, 0.717) is 30.3 Å². The maximum absolute atomic E-state index is 12.1. The molecule has 1 N–H and O–H groups in total. The minimum absolute atomic E-state index is 0. The summed E-state index contributed by atoms with van der Waals surface area (Å²) < 4.78 is 29.3. The molecule has 0 spiro atoms. The van der Waals surface area contributed by atoms with Gasteiger partial charge in [-0.05, 0) is 258 Å². The number of anilines is 6. The third-order valence-electron chi connectivity index (χ3n) is 21.3. The van der Waals surface area contributed by atoms with Crippen LogP contribution in [0.2, 0.25) is 0 Å². The van der Waals surface area contributed by atoms with E-state index < -0.39 is 5.60 Å². The zero-order valence-corrected chi connectivity index (χ0v) is 64.1. The van der Waals surface area contributed by atoms with E-state index in [1.54, 1.807) is 4.90 Å². The van der Waals surface area contributed by atoms with Gasteiger partial charge in [-0.15, -0.1) is 0 Å². The molecule has 106 heavy (non-hydrogen) atoms. The molecule has 14 rings (SSSR count). The van der Waals surface area contributed by atoms with E-state index in [-0.39, 0.29) is 13.5 Å². The second-order valence-electron chi connectivity index (χ2n) is 30.3. The van der Waals surface area contributed by atoms with E-state index in [0.717, 1.165) is 234 Å². The first-order valence-corrected chi connectivity index (χ1v) is 39.9. The number of piperidine rings is 8. The molecule has 14 heterocycles. The lowest BCUT2D eigenvalue weighted by molar-refractivity contribution is 0.0164. The van der Waals surface area contributed by atoms with Crippen molar-refractivity contribution in [3.63, 3.8) is 0 Å². The minimum atomic E-state index is -0.440. The number of hydrogen-bond acceptors (Lipinski definition) is 21. The maximum Gasteiger partial charge on any atom is 0.410 e. The monoisotopic (exact) mass is 1450 g/mol. The van der Waals surface area contributed by atoms with Gasteiger partial charge in [0, 0.05) is 132 Å². The van der Waals surface area contributed by atoms with Gasteiger partial charge in [-0.1, -0.05) is 21.3 Å². The molecule has 0 unspecified atom stereocenters. The minimum Gasteiger partial charge on any atom is -0.492 e. The van der Waals surface area contributed by atoms with Crippen LogP contribution in [0.1, 0.15) is 182 Å². The van der Waals surface area contributed by atoms with Gasteiger partial charge in [0.1, 0.15) is 51.9 Å². The Morgan fingerprint density at radius 2 is 0.651 bits per heavy atom. The highest BCUT2D eigenvalue weighted by molar-refractivity contribution is 6.75. The highest BCUT2D eigenvalue weighted by Gasteiger charge is 2.29. The first-order chi connectivity index (χ1) is 51.4. The molecule has 0 atom stereocenters. The summed E-state index contributed by atoms with van der Waals surface area (Å²) in [5, 5.41) is 3.38. The van der Waals surface area contributed by atoms with Gasteiger partial charge in [0.15, 0.2) is 0 Å². The van der Waals surface area contributed by atoms with E-state index in [9.17, 15) is 4.79 Å². The van der Waals surface area contributed by atoms with Gasteiger partial charge in [0.05, 0.1) is 51.2 Å². The molecule has 6 aromatic heterocycles. The number of hydrogen-bond donors (Lipinski definition) is 1. The summed E-state index contributed by atoms with van der Waals surface area (Å²) in [6, 6.07) is 16.6. The molecule has 8 aliphatic rings. The van der Waals surface area contributed by atoms with Crippen LogP contribution in [0.15, 0.2) is 98.1 Å². The van der Waals surface area contributed by atoms with Gasteiger partial charge in [-0.25, -0.2) is 44.7 Å². The summed E-state index contributed by atoms with van der Waals surface area (Å²) in [6.07, 6.45) is 41.3. The largest absolute Gasteiger partial charge is 0.492 e. The molecule has 0 saturated carbocycles. The van der Waals surface area contributed by atoms with Crippen molar-refractivity contribution >= 4 is 56.7 Å². The van der Waals surface area contributed by atoms with E-state index >= 15 is 0 Å². The molecule has 6 aromatic rings. The molecule has 24 heteroatoms. The topological polar surface area (TPSA) is 201 Å². The van der Waals surface area contributed by atoms with Gasteiger partial charge >= 0.3 is 6.09 Å². The Bertz CT molecular complexity index is 3200. The first kappa shape index (κ1) is 82.2. The quantitative estimate of drug-likeness (QED) is 0.0707. The molecule has 0 aliphatic carbocycles. The number of carbonyl (C=O) groups is 1. The summed E-state index contributed by atoms with van der Waals surface area (Å²) in [5.41, 5.74) is 1.93. The van der Waals surface area contributed by atoms with Crippen LogP contribution in [-0.2, 0) is 17.6 Å². The second kappa shape index (κ2) is 44.4. The molecule has 574 valence electrons. The number of carbonyl (C=O) groups excluding carboxylic acids is 1. The number of rotatable bonds is 20. The fourth-order valence-electron chi connectivity index (χ4n) is 14.6. The van der Waals surface area contributed by atoms with Crippen LogP contribution in [0.25, 0.3) is 0 Å². The van der Waals surface area contributed by atoms with E-state index in [1.807, 2.05) is 76.4 Å². The lowest BCUT2D eigenvalue weighted by Gasteiger charge is -2.33. The van der Waals surface area contributed by atoms with Crippen LogP contribution < -0.4 is 53.7 Å². The second-order valence-corrected chi connectivity index (χ2v) is 30.3. The fourth-order valence-corrected chi connectivity index (χ4v) is 14.6. The Labute approximate surface area is 637 Å². The Morgan fingerprint density at radius 1 is 0.377 bits per heavy atom. The highest BCUT2D eigenvalue weighted by Crippen LogP contribution is 2.29. The molecule has 0 aromatic carbocycles. The van der Waals surface area contributed by atoms with Crippen LogP contribution in [0.5, 0.6) is 23.0 Å². The molecule has 1 amide bonds. The molecule has 8 aliphatic heterocycles. The Hall–Kier alpha value is -7.88. The molecule has 22 nitrogen and oxygen atoms in total. The zero-order chi connectivity index (χ0) is 73.3. The van der Waals surface area contributed by atoms with Crippen molar-refractivity contribution in [2.24, 2.45) is 23.7 Å². The molecule has 8 saturated heterocycles. The number of nitrogens with one attached hydrogen (secondary N) is 1. The average molecular weight is 1450 g/mol. The summed E-state index contributed by atoms with van der Waals surface area (Å²) in [6.45, 7) is 29.6.